The van der Waals surface area contributed by atoms with Crippen LogP contribution < -0.4 is 10.0 Å². The minimum atomic E-state index is -4.60. The number of sulfonamides is 1. The molecule has 1 fully saturated rings. The predicted molar refractivity (Wildman–Crippen MR) is 123 cm³/mol. The van der Waals surface area contributed by atoms with Crippen LogP contribution in [0.15, 0.2) is 48.9 Å². The summed E-state index contributed by atoms with van der Waals surface area (Å²) in [7, 11) is -3.58. The number of hydrogen-bond acceptors (Lipinski definition) is 6. The average Bonchev–Trinajstić information content (AvgIpc) is 3.68. The van der Waals surface area contributed by atoms with Crippen molar-refractivity contribution >= 4 is 21.9 Å². The van der Waals surface area contributed by atoms with Gasteiger partial charge in [-0.05, 0) is 49.1 Å². The Kier molecular flexibility index (Phi) is 6.94. The standard InChI is InChI=1S/C23H21F4N5O3S/c1-2-19(20-7-8-29-22(31-20)32-36(34,35)16-4-5-16)30-21(33)17-6-3-13(10-18(17)24)14-9-15(12-28-11-14)23(25,26)27/h3,6-12,16,19H,2,4-5H2,1H3,(H,30,33)(H,29,31,32). The smallest absolute Gasteiger partial charge is 0.344 e. The first-order valence-electron chi connectivity index (χ1n) is 11.0. The molecule has 0 radical (unpaired) electrons. The third-order valence-electron chi connectivity index (χ3n) is 5.56. The summed E-state index contributed by atoms with van der Waals surface area (Å²) >= 11 is 0. The predicted octanol–water partition coefficient (Wildman–Crippen LogP) is 4.48. The Morgan fingerprint density at radius 2 is 1.89 bits per heavy atom. The second-order valence-electron chi connectivity index (χ2n) is 8.24. The lowest BCUT2D eigenvalue weighted by atomic mass is 10.0. The summed E-state index contributed by atoms with van der Waals surface area (Å²) in [5, 5.41) is 2.18. The number of benzene rings is 1. The van der Waals surface area contributed by atoms with E-state index < -0.39 is 44.8 Å². The van der Waals surface area contributed by atoms with Gasteiger partial charge in [-0.3, -0.25) is 14.5 Å². The van der Waals surface area contributed by atoms with Crippen LogP contribution in [-0.2, 0) is 16.2 Å². The number of aromatic nitrogens is 3. The molecule has 4 rings (SSSR count). The van der Waals surface area contributed by atoms with Gasteiger partial charge in [0.1, 0.15) is 5.82 Å². The Morgan fingerprint density at radius 3 is 2.53 bits per heavy atom. The van der Waals surface area contributed by atoms with Gasteiger partial charge in [-0.25, -0.2) is 22.8 Å². The summed E-state index contributed by atoms with van der Waals surface area (Å²) in [5.41, 5.74) is -0.804. The van der Waals surface area contributed by atoms with E-state index in [1.54, 1.807) is 6.92 Å². The van der Waals surface area contributed by atoms with Crippen molar-refractivity contribution < 1.29 is 30.8 Å². The zero-order chi connectivity index (χ0) is 26.1. The minimum absolute atomic E-state index is 0.0456. The fourth-order valence-corrected chi connectivity index (χ4v) is 4.73. The summed E-state index contributed by atoms with van der Waals surface area (Å²) in [6, 6.07) is 5.12. The number of rotatable bonds is 8. The zero-order valence-electron chi connectivity index (χ0n) is 18.9. The van der Waals surface area contributed by atoms with E-state index in [2.05, 4.69) is 25.0 Å². The van der Waals surface area contributed by atoms with Gasteiger partial charge in [-0.15, -0.1) is 0 Å². The summed E-state index contributed by atoms with van der Waals surface area (Å²) in [6.07, 6.45) is 0.0696. The molecule has 2 aromatic heterocycles. The van der Waals surface area contributed by atoms with E-state index in [4.69, 9.17) is 0 Å². The molecule has 13 heteroatoms. The number of carbonyl (C=O) groups excluding carboxylic acids is 1. The number of pyridine rings is 1. The van der Waals surface area contributed by atoms with Crippen LogP contribution in [0.4, 0.5) is 23.5 Å². The van der Waals surface area contributed by atoms with Crippen LogP contribution in [0, 0.1) is 5.82 Å². The molecular formula is C23H21F4N5O3S. The lowest BCUT2D eigenvalue weighted by Gasteiger charge is -2.18. The van der Waals surface area contributed by atoms with E-state index in [-0.39, 0.29) is 22.6 Å². The van der Waals surface area contributed by atoms with E-state index in [0.717, 1.165) is 12.1 Å². The van der Waals surface area contributed by atoms with Gasteiger partial charge in [0.25, 0.3) is 5.91 Å². The number of halogens is 4. The van der Waals surface area contributed by atoms with Gasteiger partial charge in [0, 0.05) is 24.2 Å². The van der Waals surface area contributed by atoms with Gasteiger partial charge >= 0.3 is 6.18 Å². The number of nitrogens with one attached hydrogen (secondary N) is 2. The molecule has 2 heterocycles. The molecule has 1 saturated carbocycles. The van der Waals surface area contributed by atoms with Crippen LogP contribution in [0.3, 0.4) is 0 Å². The van der Waals surface area contributed by atoms with Gasteiger partial charge in [0.05, 0.1) is 28.1 Å². The van der Waals surface area contributed by atoms with Gasteiger partial charge < -0.3 is 5.32 Å². The number of alkyl halides is 3. The van der Waals surface area contributed by atoms with Crippen LogP contribution in [0.1, 0.15) is 53.8 Å². The first-order chi connectivity index (χ1) is 17.0. The molecule has 1 aliphatic carbocycles. The Labute approximate surface area is 204 Å². The van der Waals surface area contributed by atoms with Crippen LogP contribution >= 0.6 is 0 Å². The van der Waals surface area contributed by atoms with Crippen molar-refractivity contribution in [3.8, 4) is 11.1 Å². The number of anilines is 1. The van der Waals surface area contributed by atoms with E-state index >= 15 is 0 Å². The summed E-state index contributed by atoms with van der Waals surface area (Å²) in [5.74, 6) is -1.83. The summed E-state index contributed by atoms with van der Waals surface area (Å²) in [4.78, 5) is 24.4. The number of nitrogens with zero attached hydrogens (tertiary/aromatic N) is 3. The largest absolute Gasteiger partial charge is 0.417 e. The van der Waals surface area contributed by atoms with Gasteiger partial charge in [0.2, 0.25) is 16.0 Å². The molecule has 1 aromatic carbocycles. The molecular weight excluding hydrogens is 502 g/mol. The van der Waals surface area contributed by atoms with Crippen LogP contribution in [-0.4, -0.2) is 34.5 Å². The van der Waals surface area contributed by atoms with Crippen molar-refractivity contribution in [2.24, 2.45) is 0 Å². The molecule has 3 aromatic rings. The van der Waals surface area contributed by atoms with Gasteiger partial charge in [-0.1, -0.05) is 13.0 Å². The second-order valence-corrected chi connectivity index (χ2v) is 10.2. The van der Waals surface area contributed by atoms with E-state index in [1.807, 2.05) is 0 Å². The average molecular weight is 524 g/mol. The van der Waals surface area contributed by atoms with Crippen LogP contribution in [0.2, 0.25) is 0 Å². The SMILES string of the molecule is CCC(NC(=O)c1ccc(-c2cncc(C(F)(F)F)c2)cc1F)c1ccnc(NS(=O)(=O)C2CC2)n1. The van der Waals surface area contributed by atoms with Crippen molar-refractivity contribution in [3.05, 3.63) is 71.6 Å². The molecule has 0 aliphatic heterocycles. The molecule has 1 aliphatic rings. The van der Waals surface area contributed by atoms with Crippen molar-refractivity contribution in [2.45, 2.75) is 43.7 Å². The Balaban J connectivity index is 1.51. The Bertz CT molecular complexity index is 1390. The normalized spacial score (nSPS) is 14.8. The molecule has 1 atom stereocenters. The Hall–Kier alpha value is -3.61. The molecule has 190 valence electrons. The maximum absolute atomic E-state index is 14.8. The third-order valence-corrected chi connectivity index (χ3v) is 7.37. The van der Waals surface area contributed by atoms with Crippen molar-refractivity contribution in [1.82, 2.24) is 20.3 Å². The maximum atomic E-state index is 14.8. The second kappa shape index (κ2) is 9.80. The maximum Gasteiger partial charge on any atom is 0.417 e. The molecule has 0 saturated heterocycles. The van der Waals surface area contributed by atoms with Crippen LogP contribution in [0.5, 0.6) is 0 Å². The van der Waals surface area contributed by atoms with Crippen molar-refractivity contribution in [1.29, 1.82) is 0 Å². The van der Waals surface area contributed by atoms with E-state index in [1.165, 1.54) is 30.6 Å². The topological polar surface area (TPSA) is 114 Å². The Morgan fingerprint density at radius 1 is 1.14 bits per heavy atom. The molecule has 36 heavy (non-hydrogen) atoms. The van der Waals surface area contributed by atoms with Crippen molar-refractivity contribution in [2.75, 3.05) is 4.72 Å². The highest BCUT2D eigenvalue weighted by Gasteiger charge is 2.36. The van der Waals surface area contributed by atoms with Gasteiger partial charge in [0.15, 0.2) is 0 Å². The van der Waals surface area contributed by atoms with Gasteiger partial charge in [-0.2, -0.15) is 13.2 Å². The minimum Gasteiger partial charge on any atom is -0.344 e. The highest BCUT2D eigenvalue weighted by atomic mass is 32.2. The highest BCUT2D eigenvalue weighted by molar-refractivity contribution is 7.93. The third kappa shape index (κ3) is 5.78. The number of hydrogen-bond donors (Lipinski definition) is 2. The first-order valence-corrected chi connectivity index (χ1v) is 12.5. The summed E-state index contributed by atoms with van der Waals surface area (Å²) < 4.78 is 80.3. The monoisotopic (exact) mass is 523 g/mol. The fourth-order valence-electron chi connectivity index (χ4n) is 3.46. The highest BCUT2D eigenvalue weighted by Crippen LogP contribution is 2.32. The molecule has 0 bridgehead atoms. The van der Waals surface area contributed by atoms with E-state index in [9.17, 15) is 30.8 Å². The van der Waals surface area contributed by atoms with Crippen molar-refractivity contribution in [3.63, 3.8) is 0 Å². The summed E-state index contributed by atoms with van der Waals surface area (Å²) in [6.45, 7) is 1.75. The van der Waals surface area contributed by atoms with E-state index in [0.29, 0.717) is 31.2 Å². The molecule has 1 amide bonds. The quantitative estimate of drug-likeness (QED) is 0.421. The van der Waals surface area contributed by atoms with Crippen LogP contribution in [0.25, 0.3) is 11.1 Å². The lowest BCUT2D eigenvalue weighted by Crippen LogP contribution is -2.30. The zero-order valence-corrected chi connectivity index (χ0v) is 19.7. The lowest BCUT2D eigenvalue weighted by molar-refractivity contribution is -0.137. The molecule has 2 N–H and O–H groups in total. The number of carbonyl (C=O) groups is 1. The fraction of sp³-hybridized carbons (Fsp3) is 0.304. The number of amides is 1. The molecule has 1 unspecified atom stereocenters. The first kappa shape index (κ1) is 25.5. The molecule has 8 nitrogen and oxygen atoms in total. The molecule has 0 spiro atoms.